The Balaban J connectivity index is 1.68. The highest BCUT2D eigenvalue weighted by Crippen LogP contribution is 2.28. The van der Waals surface area contributed by atoms with Crippen molar-refractivity contribution in [3.05, 3.63) is 52.8 Å². The van der Waals surface area contributed by atoms with Crippen LogP contribution in [0.5, 0.6) is 5.75 Å². The van der Waals surface area contributed by atoms with Crippen LogP contribution in [0.2, 0.25) is 0 Å². The number of rotatable bonds is 7. The minimum absolute atomic E-state index is 0.0489. The predicted octanol–water partition coefficient (Wildman–Crippen LogP) is 3.03. The van der Waals surface area contributed by atoms with Crippen LogP contribution in [0, 0.1) is 19.8 Å². The van der Waals surface area contributed by atoms with Gasteiger partial charge in [-0.15, -0.1) is 0 Å². The molecule has 1 aliphatic carbocycles. The van der Waals surface area contributed by atoms with Crippen molar-refractivity contribution in [2.24, 2.45) is 5.92 Å². The first-order chi connectivity index (χ1) is 11.6. The standard InChI is InChI=1S/C19H22N2O3/c1-12-17(16(22)11-24-15-6-4-3-5-7-15)13(2)21-18(12)19(23)20-10-14-8-9-14/h3-7,14,21H,8-11H2,1-2H3,(H,20,23). The summed E-state index contributed by atoms with van der Waals surface area (Å²) >= 11 is 0. The molecule has 0 radical (unpaired) electrons. The molecule has 1 heterocycles. The Labute approximate surface area is 141 Å². The Morgan fingerprint density at radius 2 is 1.92 bits per heavy atom. The van der Waals surface area contributed by atoms with Crippen LogP contribution in [0.3, 0.4) is 0 Å². The maximum Gasteiger partial charge on any atom is 0.268 e. The number of benzene rings is 1. The molecular weight excluding hydrogens is 304 g/mol. The molecule has 0 unspecified atom stereocenters. The number of para-hydroxylation sites is 1. The van der Waals surface area contributed by atoms with Crippen LogP contribution < -0.4 is 10.1 Å². The van der Waals surface area contributed by atoms with Gasteiger partial charge in [0.15, 0.2) is 6.61 Å². The summed E-state index contributed by atoms with van der Waals surface area (Å²) in [6, 6.07) is 9.22. The second-order valence-electron chi connectivity index (χ2n) is 6.30. The lowest BCUT2D eigenvalue weighted by Gasteiger charge is -2.06. The Morgan fingerprint density at radius 3 is 2.58 bits per heavy atom. The summed E-state index contributed by atoms with van der Waals surface area (Å²) in [6.07, 6.45) is 2.37. The first-order valence-electron chi connectivity index (χ1n) is 8.24. The fourth-order valence-corrected chi connectivity index (χ4v) is 2.78. The van der Waals surface area contributed by atoms with E-state index in [-0.39, 0.29) is 18.3 Å². The van der Waals surface area contributed by atoms with Crippen molar-refractivity contribution in [3.8, 4) is 5.75 Å². The van der Waals surface area contributed by atoms with E-state index in [1.165, 1.54) is 12.8 Å². The Hall–Kier alpha value is -2.56. The van der Waals surface area contributed by atoms with Crippen LogP contribution in [0.15, 0.2) is 30.3 Å². The first-order valence-corrected chi connectivity index (χ1v) is 8.24. The van der Waals surface area contributed by atoms with E-state index in [2.05, 4.69) is 10.3 Å². The lowest BCUT2D eigenvalue weighted by atomic mass is 10.1. The van der Waals surface area contributed by atoms with Crippen molar-refractivity contribution < 1.29 is 14.3 Å². The summed E-state index contributed by atoms with van der Waals surface area (Å²) in [5, 5.41) is 2.93. The van der Waals surface area contributed by atoms with E-state index in [0.29, 0.717) is 40.7 Å². The minimum atomic E-state index is -0.148. The lowest BCUT2D eigenvalue weighted by molar-refractivity contribution is 0.0920. The highest BCUT2D eigenvalue weighted by molar-refractivity contribution is 6.04. The van der Waals surface area contributed by atoms with Crippen LogP contribution in [0.4, 0.5) is 0 Å². The average molecular weight is 326 g/mol. The number of ether oxygens (including phenoxy) is 1. The SMILES string of the molecule is Cc1[nH]c(C(=O)NCC2CC2)c(C)c1C(=O)COc1ccccc1. The molecule has 1 aliphatic rings. The van der Waals surface area contributed by atoms with Gasteiger partial charge >= 0.3 is 0 Å². The maximum absolute atomic E-state index is 12.5. The average Bonchev–Trinajstić information content (AvgIpc) is 3.36. The third kappa shape index (κ3) is 3.67. The zero-order valence-electron chi connectivity index (χ0n) is 14.0. The Morgan fingerprint density at radius 1 is 1.21 bits per heavy atom. The molecule has 1 aromatic heterocycles. The van der Waals surface area contributed by atoms with Crippen molar-refractivity contribution in [2.75, 3.05) is 13.2 Å². The summed E-state index contributed by atoms with van der Waals surface area (Å²) in [5.74, 6) is 0.988. The largest absolute Gasteiger partial charge is 0.485 e. The number of H-pyrrole nitrogens is 1. The van der Waals surface area contributed by atoms with Gasteiger partial charge in [-0.1, -0.05) is 18.2 Å². The topological polar surface area (TPSA) is 71.2 Å². The van der Waals surface area contributed by atoms with Crippen molar-refractivity contribution in [2.45, 2.75) is 26.7 Å². The van der Waals surface area contributed by atoms with E-state index in [1.807, 2.05) is 18.2 Å². The number of nitrogens with one attached hydrogen (secondary N) is 2. The molecule has 0 aliphatic heterocycles. The number of aromatic nitrogens is 1. The van der Waals surface area contributed by atoms with E-state index in [0.717, 1.165) is 0 Å². The molecule has 5 nitrogen and oxygen atoms in total. The number of aryl methyl sites for hydroxylation is 1. The normalized spacial score (nSPS) is 13.6. The maximum atomic E-state index is 12.5. The molecule has 0 spiro atoms. The van der Waals surface area contributed by atoms with E-state index >= 15 is 0 Å². The molecular formula is C19H22N2O3. The third-order valence-electron chi connectivity index (χ3n) is 4.30. The van der Waals surface area contributed by atoms with Gasteiger partial charge in [-0.2, -0.15) is 0 Å². The van der Waals surface area contributed by atoms with E-state index in [1.54, 1.807) is 26.0 Å². The summed E-state index contributed by atoms with van der Waals surface area (Å²) < 4.78 is 5.53. The van der Waals surface area contributed by atoms with Crippen LogP contribution >= 0.6 is 0 Å². The molecule has 0 atom stereocenters. The van der Waals surface area contributed by atoms with Gasteiger partial charge in [0.1, 0.15) is 11.4 Å². The lowest BCUT2D eigenvalue weighted by Crippen LogP contribution is -2.26. The molecule has 1 saturated carbocycles. The monoisotopic (exact) mass is 326 g/mol. The predicted molar refractivity (Wildman–Crippen MR) is 91.6 cm³/mol. The highest BCUT2D eigenvalue weighted by atomic mass is 16.5. The second kappa shape index (κ2) is 6.91. The molecule has 2 aromatic rings. The molecule has 0 saturated heterocycles. The third-order valence-corrected chi connectivity index (χ3v) is 4.30. The highest BCUT2D eigenvalue weighted by Gasteiger charge is 2.25. The molecule has 1 amide bonds. The molecule has 24 heavy (non-hydrogen) atoms. The van der Waals surface area contributed by atoms with Gasteiger partial charge in [0, 0.05) is 17.8 Å². The number of carbonyl (C=O) groups is 2. The Bertz CT molecular complexity index is 745. The molecule has 126 valence electrons. The number of amides is 1. The van der Waals surface area contributed by atoms with Crippen LogP contribution in [0.25, 0.3) is 0 Å². The van der Waals surface area contributed by atoms with Gasteiger partial charge in [-0.25, -0.2) is 0 Å². The Kier molecular flexibility index (Phi) is 4.69. The van der Waals surface area contributed by atoms with Gasteiger partial charge in [-0.3, -0.25) is 9.59 Å². The van der Waals surface area contributed by atoms with Crippen molar-refractivity contribution in [1.29, 1.82) is 0 Å². The number of hydrogen-bond acceptors (Lipinski definition) is 3. The number of aromatic amines is 1. The van der Waals surface area contributed by atoms with E-state index < -0.39 is 0 Å². The van der Waals surface area contributed by atoms with Gasteiger partial charge < -0.3 is 15.0 Å². The second-order valence-corrected chi connectivity index (χ2v) is 6.30. The zero-order chi connectivity index (χ0) is 17.1. The number of ketones is 1. The van der Waals surface area contributed by atoms with Crippen molar-refractivity contribution in [3.63, 3.8) is 0 Å². The number of Topliss-reactive ketones (excluding diaryl/α,β-unsaturated/α-hetero) is 1. The van der Waals surface area contributed by atoms with E-state index in [9.17, 15) is 9.59 Å². The zero-order valence-corrected chi connectivity index (χ0v) is 14.0. The van der Waals surface area contributed by atoms with Crippen molar-refractivity contribution >= 4 is 11.7 Å². The number of carbonyl (C=O) groups excluding carboxylic acids is 2. The first kappa shape index (κ1) is 16.3. The van der Waals surface area contributed by atoms with Crippen LogP contribution in [0.1, 0.15) is 44.9 Å². The number of hydrogen-bond donors (Lipinski definition) is 2. The van der Waals surface area contributed by atoms with Gasteiger partial charge in [0.25, 0.3) is 5.91 Å². The molecule has 2 N–H and O–H groups in total. The van der Waals surface area contributed by atoms with Crippen LogP contribution in [-0.2, 0) is 0 Å². The molecule has 5 heteroatoms. The van der Waals surface area contributed by atoms with Gasteiger partial charge in [0.05, 0.1) is 0 Å². The van der Waals surface area contributed by atoms with Gasteiger partial charge in [-0.05, 0) is 50.3 Å². The van der Waals surface area contributed by atoms with E-state index in [4.69, 9.17) is 4.74 Å². The summed E-state index contributed by atoms with van der Waals surface area (Å²) in [5.41, 5.74) is 2.40. The molecule has 1 fully saturated rings. The fourth-order valence-electron chi connectivity index (χ4n) is 2.78. The quantitative estimate of drug-likeness (QED) is 0.768. The van der Waals surface area contributed by atoms with Crippen molar-refractivity contribution in [1.82, 2.24) is 10.3 Å². The smallest absolute Gasteiger partial charge is 0.268 e. The summed E-state index contributed by atoms with van der Waals surface area (Å²) in [4.78, 5) is 27.8. The van der Waals surface area contributed by atoms with Gasteiger partial charge in [0.2, 0.25) is 5.78 Å². The minimum Gasteiger partial charge on any atom is -0.485 e. The molecule has 0 bridgehead atoms. The summed E-state index contributed by atoms with van der Waals surface area (Å²) in [6.45, 7) is 4.26. The summed E-state index contributed by atoms with van der Waals surface area (Å²) in [7, 11) is 0. The molecule has 3 rings (SSSR count). The van der Waals surface area contributed by atoms with Crippen LogP contribution in [-0.4, -0.2) is 29.8 Å². The molecule has 1 aromatic carbocycles. The fraction of sp³-hybridized carbons (Fsp3) is 0.368.